The number of benzene rings is 3. The van der Waals surface area contributed by atoms with E-state index < -0.39 is 30.3 Å². The molecule has 0 saturated carbocycles. The Bertz CT molecular complexity index is 1550. The summed E-state index contributed by atoms with van der Waals surface area (Å²) < 4.78 is 28.9. The molecule has 0 saturated heterocycles. The van der Waals surface area contributed by atoms with Gasteiger partial charge >= 0.3 is 6.03 Å². The molecule has 3 aromatic rings. The number of nitrogens with one attached hydrogen (secondary N) is 3. The van der Waals surface area contributed by atoms with Crippen molar-refractivity contribution < 1.29 is 38.1 Å². The maximum Gasteiger partial charge on any atom is 0.315 e. The molecule has 54 heavy (non-hydrogen) atoms. The quantitative estimate of drug-likeness (QED) is 0.113. The van der Waals surface area contributed by atoms with Gasteiger partial charge in [-0.25, -0.2) is 4.79 Å². The molecule has 2 atom stereocenters. The maximum absolute atomic E-state index is 14.6. The molecule has 0 aliphatic heterocycles. The molecular weight excluding hydrogens is 709 g/mol. The van der Waals surface area contributed by atoms with E-state index in [0.717, 1.165) is 11.1 Å². The van der Waals surface area contributed by atoms with Crippen molar-refractivity contribution in [2.75, 3.05) is 34.0 Å². The van der Waals surface area contributed by atoms with Crippen molar-refractivity contribution in [3.05, 3.63) is 89.5 Å². The highest BCUT2D eigenvalue weighted by molar-refractivity contribution is 7.59. The molecule has 0 aliphatic rings. The van der Waals surface area contributed by atoms with E-state index in [0.29, 0.717) is 42.6 Å². The van der Waals surface area contributed by atoms with E-state index in [9.17, 15) is 14.4 Å². The van der Waals surface area contributed by atoms with Crippen molar-refractivity contribution in [1.29, 1.82) is 0 Å². The van der Waals surface area contributed by atoms with E-state index in [1.165, 1.54) is 0 Å². The summed E-state index contributed by atoms with van der Waals surface area (Å²) in [6.07, 6.45) is -0.566. The van der Waals surface area contributed by atoms with Gasteiger partial charge in [-0.05, 0) is 70.9 Å². The zero-order valence-corrected chi connectivity index (χ0v) is 33.3. The van der Waals surface area contributed by atoms with Crippen molar-refractivity contribution in [3.8, 4) is 17.2 Å². The van der Waals surface area contributed by atoms with Crippen molar-refractivity contribution >= 4 is 31.3 Å². The lowest BCUT2D eigenvalue weighted by Crippen LogP contribution is -2.52. The molecule has 3 N–H and O–H groups in total. The Morgan fingerprint density at radius 3 is 2.04 bits per heavy atom. The van der Waals surface area contributed by atoms with E-state index in [1.807, 2.05) is 101 Å². The van der Waals surface area contributed by atoms with Crippen LogP contribution in [0.1, 0.15) is 72.1 Å². The Hall–Kier alpha value is -4.46. The molecule has 0 aliphatic carbocycles. The summed E-state index contributed by atoms with van der Waals surface area (Å²) in [5.41, 5.74) is 2.09. The fourth-order valence-corrected chi connectivity index (χ4v) is 5.56. The summed E-state index contributed by atoms with van der Waals surface area (Å²) in [6.45, 7) is 12.7. The van der Waals surface area contributed by atoms with Gasteiger partial charge in [0.05, 0.1) is 20.8 Å². The lowest BCUT2D eigenvalue weighted by atomic mass is 10.0. The van der Waals surface area contributed by atoms with Crippen LogP contribution in [0.2, 0.25) is 0 Å². The second-order valence-electron chi connectivity index (χ2n) is 13.3. The fraction of sp³-hybridized carbons (Fsp3) is 0.488. The molecule has 12 nitrogen and oxygen atoms in total. The largest absolute Gasteiger partial charge is 0.493 e. The number of hydrogen-bond donors (Lipinski definition) is 3. The van der Waals surface area contributed by atoms with E-state index in [4.69, 9.17) is 23.7 Å². The van der Waals surface area contributed by atoms with Crippen molar-refractivity contribution in [2.45, 2.75) is 98.9 Å². The third-order valence-corrected chi connectivity index (χ3v) is 7.82. The number of nitrogens with zero attached hydrogens (tertiary/aromatic N) is 1. The molecule has 13 heteroatoms. The first-order valence-corrected chi connectivity index (χ1v) is 17.7. The number of carbonyl (C=O) groups is 3. The van der Waals surface area contributed by atoms with Crippen molar-refractivity contribution in [2.24, 2.45) is 0 Å². The first-order chi connectivity index (χ1) is 24.8. The zero-order valence-electron chi connectivity index (χ0n) is 32.3. The van der Waals surface area contributed by atoms with Gasteiger partial charge in [0.25, 0.3) is 0 Å². The van der Waals surface area contributed by atoms with Crippen LogP contribution in [0.3, 0.4) is 0 Å². The number of para-hydroxylation sites is 1. The standard InChI is InChI=1S/C40H56N4O8.CH4.H2S/c1-9-50-36(51-10-2)27-44(26-31-17-14-18-34(48-7)37(31)49-8)38(46)33(24-29-19-21-32(22-20-29)52-40(4,5)6)43-35(45)23-28(3)42-39(47)41-25-30-15-12-11-13-16-30;;/h11-22,28,33,36H,9-10,23-27H2,1-8H3,(H,43,45)(H2,41,42,47);1H4;1H2/t28-,33+;;/m1../s1. The predicted molar refractivity (Wildman–Crippen MR) is 217 cm³/mol. The van der Waals surface area contributed by atoms with Gasteiger partial charge in [0.1, 0.15) is 17.4 Å². The number of hydrogen-bond acceptors (Lipinski definition) is 8. The lowest BCUT2D eigenvalue weighted by molar-refractivity contribution is -0.161. The van der Waals surface area contributed by atoms with Crippen LogP contribution in [0.5, 0.6) is 17.2 Å². The molecule has 0 aromatic heterocycles. The van der Waals surface area contributed by atoms with Gasteiger partial charge in [-0.1, -0.05) is 62.0 Å². The zero-order chi connectivity index (χ0) is 38.1. The van der Waals surface area contributed by atoms with Crippen LogP contribution in [0.25, 0.3) is 0 Å². The Labute approximate surface area is 329 Å². The summed E-state index contributed by atoms with van der Waals surface area (Å²) in [5, 5.41) is 8.59. The Balaban J connectivity index is 0.00000729. The lowest BCUT2D eigenvalue weighted by Gasteiger charge is -2.32. The predicted octanol–water partition coefficient (Wildman–Crippen LogP) is 6.36. The maximum atomic E-state index is 14.6. The minimum atomic E-state index is -0.971. The van der Waals surface area contributed by atoms with Gasteiger partial charge in [0, 0.05) is 50.8 Å². The van der Waals surface area contributed by atoms with E-state index >= 15 is 0 Å². The monoisotopic (exact) mass is 770 g/mol. The first kappa shape index (κ1) is 47.6. The van der Waals surface area contributed by atoms with Crippen LogP contribution >= 0.6 is 13.5 Å². The minimum Gasteiger partial charge on any atom is -0.493 e. The molecule has 0 spiro atoms. The van der Waals surface area contributed by atoms with Crippen LogP contribution < -0.4 is 30.2 Å². The van der Waals surface area contributed by atoms with Gasteiger partial charge < -0.3 is 44.5 Å². The highest BCUT2D eigenvalue weighted by Gasteiger charge is 2.30. The van der Waals surface area contributed by atoms with Crippen molar-refractivity contribution in [1.82, 2.24) is 20.9 Å². The summed E-state index contributed by atoms with van der Waals surface area (Å²) in [4.78, 5) is 42.4. The molecule has 3 rings (SSSR count). The summed E-state index contributed by atoms with van der Waals surface area (Å²) >= 11 is 0. The molecular formula is C41H62N4O8S. The molecule has 0 heterocycles. The smallest absolute Gasteiger partial charge is 0.315 e. The van der Waals surface area contributed by atoms with Crippen LogP contribution in [-0.2, 0) is 38.6 Å². The molecule has 4 amide bonds. The third kappa shape index (κ3) is 16.3. The van der Waals surface area contributed by atoms with Gasteiger partial charge in [0.2, 0.25) is 11.8 Å². The fourth-order valence-electron chi connectivity index (χ4n) is 5.56. The van der Waals surface area contributed by atoms with Gasteiger partial charge in [0.15, 0.2) is 17.8 Å². The van der Waals surface area contributed by atoms with E-state index in [-0.39, 0.29) is 58.4 Å². The molecule has 300 valence electrons. The Morgan fingerprint density at radius 2 is 1.46 bits per heavy atom. The molecule has 0 unspecified atom stereocenters. The van der Waals surface area contributed by atoms with Gasteiger partial charge in [-0.3, -0.25) is 9.59 Å². The Kier molecular flexibility index (Phi) is 21.2. The van der Waals surface area contributed by atoms with Crippen molar-refractivity contribution in [3.63, 3.8) is 0 Å². The number of carbonyl (C=O) groups excluding carboxylic acids is 3. The van der Waals surface area contributed by atoms with E-state index in [2.05, 4.69) is 16.0 Å². The number of urea groups is 1. The molecule has 0 fully saturated rings. The second-order valence-corrected chi connectivity index (χ2v) is 13.3. The normalized spacial score (nSPS) is 11.9. The number of ether oxygens (including phenoxy) is 5. The molecule has 0 bridgehead atoms. The third-order valence-electron chi connectivity index (χ3n) is 7.82. The highest BCUT2D eigenvalue weighted by Crippen LogP contribution is 2.32. The first-order valence-electron chi connectivity index (χ1n) is 17.7. The van der Waals surface area contributed by atoms with Crippen LogP contribution in [-0.4, -0.2) is 80.7 Å². The van der Waals surface area contributed by atoms with Gasteiger partial charge in [-0.15, -0.1) is 0 Å². The number of methoxy groups -OCH3 is 2. The Morgan fingerprint density at radius 1 is 0.815 bits per heavy atom. The van der Waals surface area contributed by atoms with Crippen LogP contribution in [0, 0.1) is 0 Å². The average molecular weight is 771 g/mol. The van der Waals surface area contributed by atoms with Gasteiger partial charge in [-0.2, -0.15) is 13.5 Å². The summed E-state index contributed by atoms with van der Waals surface area (Å²) in [5.74, 6) is 0.963. The second kappa shape index (κ2) is 24.0. The average Bonchev–Trinajstić information content (AvgIpc) is 3.10. The van der Waals surface area contributed by atoms with Crippen LogP contribution in [0.4, 0.5) is 4.79 Å². The highest BCUT2D eigenvalue weighted by atomic mass is 32.1. The number of amides is 4. The van der Waals surface area contributed by atoms with Crippen LogP contribution in [0.15, 0.2) is 72.8 Å². The number of rotatable bonds is 20. The topological polar surface area (TPSA) is 137 Å². The molecule has 0 radical (unpaired) electrons. The van der Waals surface area contributed by atoms with E-state index in [1.54, 1.807) is 32.1 Å². The molecule has 3 aromatic carbocycles. The SMILES string of the molecule is C.CCOC(CN(Cc1cccc(OC)c1OC)C(=O)[C@H](Cc1ccc(OC(C)(C)C)cc1)NC(=O)C[C@@H](C)NC(=O)NCc1ccccc1)OCC.S. The summed E-state index contributed by atoms with van der Waals surface area (Å²) in [7, 11) is 3.10. The minimum absolute atomic E-state index is 0. The summed E-state index contributed by atoms with van der Waals surface area (Å²) in [6, 6.07) is 20.6.